The van der Waals surface area contributed by atoms with Crippen LogP contribution in [0.25, 0.3) is 0 Å². The lowest BCUT2D eigenvalue weighted by Crippen LogP contribution is -2.16. The van der Waals surface area contributed by atoms with E-state index in [1.807, 2.05) is 16.8 Å². The first-order valence-electron chi connectivity index (χ1n) is 7.96. The molecule has 0 aliphatic carbocycles. The summed E-state index contributed by atoms with van der Waals surface area (Å²) in [5, 5.41) is 8.66. The maximum Gasteiger partial charge on any atom is 0.100 e. The van der Waals surface area contributed by atoms with Crippen molar-refractivity contribution in [3.63, 3.8) is 0 Å². The van der Waals surface area contributed by atoms with E-state index in [2.05, 4.69) is 72.7 Å². The van der Waals surface area contributed by atoms with Crippen LogP contribution in [0.2, 0.25) is 0 Å². The Labute approximate surface area is 137 Å². The summed E-state index contributed by atoms with van der Waals surface area (Å²) >= 11 is 0. The molecule has 23 heavy (non-hydrogen) atoms. The summed E-state index contributed by atoms with van der Waals surface area (Å²) in [6.07, 6.45) is 0. The van der Waals surface area contributed by atoms with Gasteiger partial charge in [-0.15, -0.1) is 5.10 Å². The predicted molar refractivity (Wildman–Crippen MR) is 92.1 cm³/mol. The van der Waals surface area contributed by atoms with Crippen LogP contribution < -0.4 is 5.73 Å². The van der Waals surface area contributed by atoms with Gasteiger partial charge >= 0.3 is 0 Å². The lowest BCUT2D eigenvalue weighted by atomic mass is 9.87. The molecule has 4 heteroatoms. The molecule has 0 bridgehead atoms. The van der Waals surface area contributed by atoms with Crippen LogP contribution in [0.4, 0.5) is 0 Å². The molecule has 1 heterocycles. The molecule has 0 amide bonds. The standard InChI is InChI=1S/C19H22N4/c1-14(2)23-19(17(13-20)21-22-23)18(15-9-5-3-6-10-15)16-11-7-4-8-12-16/h3-12,14,18H,13,20H2,1-2H3. The van der Waals surface area contributed by atoms with Gasteiger partial charge in [-0.25, -0.2) is 4.68 Å². The van der Waals surface area contributed by atoms with Gasteiger partial charge in [0.15, 0.2) is 0 Å². The molecule has 0 saturated heterocycles. The molecule has 2 aromatic carbocycles. The average molecular weight is 306 g/mol. The zero-order valence-electron chi connectivity index (χ0n) is 13.6. The van der Waals surface area contributed by atoms with Crippen molar-refractivity contribution in [2.24, 2.45) is 5.73 Å². The molecule has 118 valence electrons. The Morgan fingerprint density at radius 1 is 0.913 bits per heavy atom. The van der Waals surface area contributed by atoms with Crippen LogP contribution in [0, 0.1) is 0 Å². The third-order valence-electron chi connectivity index (χ3n) is 4.03. The van der Waals surface area contributed by atoms with Crippen molar-refractivity contribution in [2.45, 2.75) is 32.4 Å². The van der Waals surface area contributed by atoms with E-state index in [9.17, 15) is 0 Å². The highest BCUT2D eigenvalue weighted by Gasteiger charge is 2.26. The largest absolute Gasteiger partial charge is 0.325 e. The summed E-state index contributed by atoms with van der Waals surface area (Å²) in [5.41, 5.74) is 10.3. The van der Waals surface area contributed by atoms with Gasteiger partial charge in [0, 0.05) is 12.6 Å². The number of hydrogen-bond acceptors (Lipinski definition) is 3. The van der Waals surface area contributed by atoms with Crippen LogP contribution >= 0.6 is 0 Å². The van der Waals surface area contributed by atoms with Crippen molar-refractivity contribution in [3.05, 3.63) is 83.2 Å². The second-order valence-corrected chi connectivity index (χ2v) is 5.92. The normalized spacial score (nSPS) is 11.3. The molecule has 2 N–H and O–H groups in total. The molecule has 0 aliphatic rings. The van der Waals surface area contributed by atoms with E-state index in [0.29, 0.717) is 6.54 Å². The van der Waals surface area contributed by atoms with Gasteiger partial charge in [0.25, 0.3) is 0 Å². The van der Waals surface area contributed by atoms with E-state index in [-0.39, 0.29) is 12.0 Å². The van der Waals surface area contributed by atoms with Crippen LogP contribution in [0.3, 0.4) is 0 Å². The van der Waals surface area contributed by atoms with Gasteiger partial charge in [0.1, 0.15) is 5.69 Å². The highest BCUT2D eigenvalue weighted by Crippen LogP contribution is 2.34. The molecule has 4 nitrogen and oxygen atoms in total. The minimum absolute atomic E-state index is 0.0772. The molecule has 1 aromatic heterocycles. The van der Waals surface area contributed by atoms with Crippen LogP contribution in [-0.2, 0) is 6.54 Å². The highest BCUT2D eigenvalue weighted by atomic mass is 15.4. The number of nitrogens with zero attached hydrogens (tertiary/aromatic N) is 3. The van der Waals surface area contributed by atoms with Crippen molar-refractivity contribution in [1.29, 1.82) is 0 Å². The van der Waals surface area contributed by atoms with Gasteiger partial charge in [-0.1, -0.05) is 65.9 Å². The first-order chi connectivity index (χ1) is 11.2. The van der Waals surface area contributed by atoms with Crippen molar-refractivity contribution in [3.8, 4) is 0 Å². The summed E-state index contributed by atoms with van der Waals surface area (Å²) in [6.45, 7) is 4.62. The van der Waals surface area contributed by atoms with E-state index < -0.39 is 0 Å². The predicted octanol–water partition coefficient (Wildman–Crippen LogP) is 3.50. The zero-order chi connectivity index (χ0) is 16.2. The molecule has 0 spiro atoms. The number of rotatable bonds is 5. The number of hydrogen-bond donors (Lipinski definition) is 1. The van der Waals surface area contributed by atoms with Crippen LogP contribution in [0.1, 0.15) is 48.3 Å². The number of aromatic nitrogens is 3. The van der Waals surface area contributed by atoms with Gasteiger partial charge in [-0.05, 0) is 25.0 Å². The topological polar surface area (TPSA) is 56.7 Å². The molecule has 0 aliphatic heterocycles. The summed E-state index contributed by atoms with van der Waals surface area (Å²) in [4.78, 5) is 0. The zero-order valence-corrected chi connectivity index (χ0v) is 13.6. The minimum atomic E-state index is 0.0772. The Morgan fingerprint density at radius 3 is 1.87 bits per heavy atom. The quantitative estimate of drug-likeness (QED) is 0.785. The Morgan fingerprint density at radius 2 is 1.43 bits per heavy atom. The maximum absolute atomic E-state index is 5.94. The molecule has 0 radical (unpaired) electrons. The first-order valence-corrected chi connectivity index (χ1v) is 7.96. The monoisotopic (exact) mass is 306 g/mol. The Hall–Kier alpha value is -2.46. The third-order valence-corrected chi connectivity index (χ3v) is 4.03. The molecule has 0 unspecified atom stereocenters. The molecule has 0 atom stereocenters. The summed E-state index contributed by atoms with van der Waals surface area (Å²) < 4.78 is 1.99. The van der Waals surface area contributed by atoms with E-state index in [4.69, 9.17) is 5.73 Å². The van der Waals surface area contributed by atoms with Gasteiger partial charge in [-0.2, -0.15) is 0 Å². The smallest absolute Gasteiger partial charge is 0.100 e. The number of nitrogens with two attached hydrogens (primary N) is 1. The summed E-state index contributed by atoms with van der Waals surface area (Å²) in [5.74, 6) is 0.0772. The average Bonchev–Trinajstić information content (AvgIpc) is 3.01. The van der Waals surface area contributed by atoms with Crippen LogP contribution in [0.15, 0.2) is 60.7 Å². The Balaban J connectivity index is 2.23. The minimum Gasteiger partial charge on any atom is -0.325 e. The molecule has 3 rings (SSSR count). The Kier molecular flexibility index (Phi) is 4.53. The Bertz CT molecular complexity index is 708. The second kappa shape index (κ2) is 6.75. The second-order valence-electron chi connectivity index (χ2n) is 5.92. The molecular weight excluding hydrogens is 284 g/mol. The van der Waals surface area contributed by atoms with Gasteiger partial charge in [-0.3, -0.25) is 0 Å². The first kappa shape index (κ1) is 15.4. The fourth-order valence-electron chi connectivity index (χ4n) is 2.96. The van der Waals surface area contributed by atoms with Crippen molar-refractivity contribution in [2.75, 3.05) is 0 Å². The fraction of sp³-hybridized carbons (Fsp3) is 0.263. The maximum atomic E-state index is 5.94. The molecule has 3 aromatic rings. The SMILES string of the molecule is CC(C)n1nnc(CN)c1C(c1ccccc1)c1ccccc1. The van der Waals surface area contributed by atoms with Crippen molar-refractivity contribution < 1.29 is 0 Å². The van der Waals surface area contributed by atoms with E-state index >= 15 is 0 Å². The van der Waals surface area contributed by atoms with Crippen molar-refractivity contribution in [1.82, 2.24) is 15.0 Å². The summed E-state index contributed by atoms with van der Waals surface area (Å²) in [6, 6.07) is 21.2. The van der Waals surface area contributed by atoms with E-state index in [1.165, 1.54) is 11.1 Å². The highest BCUT2D eigenvalue weighted by molar-refractivity contribution is 5.42. The van der Waals surface area contributed by atoms with Gasteiger partial charge in [0.2, 0.25) is 0 Å². The van der Waals surface area contributed by atoms with Gasteiger partial charge in [0.05, 0.1) is 11.6 Å². The van der Waals surface area contributed by atoms with Gasteiger partial charge < -0.3 is 5.73 Å². The van der Waals surface area contributed by atoms with Crippen LogP contribution in [-0.4, -0.2) is 15.0 Å². The summed E-state index contributed by atoms with van der Waals surface area (Å²) in [7, 11) is 0. The molecule has 0 fully saturated rings. The lowest BCUT2D eigenvalue weighted by Gasteiger charge is -2.22. The fourth-order valence-corrected chi connectivity index (χ4v) is 2.96. The third kappa shape index (κ3) is 3.03. The molecule has 0 saturated carbocycles. The number of benzene rings is 2. The van der Waals surface area contributed by atoms with Crippen LogP contribution in [0.5, 0.6) is 0 Å². The molecular formula is C19H22N4. The van der Waals surface area contributed by atoms with E-state index in [0.717, 1.165) is 11.4 Å². The van der Waals surface area contributed by atoms with E-state index in [1.54, 1.807) is 0 Å². The lowest BCUT2D eigenvalue weighted by molar-refractivity contribution is 0.491. The van der Waals surface area contributed by atoms with Crippen molar-refractivity contribution >= 4 is 0 Å².